The van der Waals surface area contributed by atoms with Gasteiger partial charge < -0.3 is 13.3 Å². The number of hydrogen-bond acceptors (Lipinski definition) is 4. The van der Waals surface area contributed by atoms with Crippen molar-refractivity contribution in [1.29, 1.82) is 0 Å². The predicted octanol–water partition coefficient (Wildman–Crippen LogP) is 3.58. The third-order valence-corrected chi connectivity index (χ3v) is 6.52. The van der Waals surface area contributed by atoms with Crippen molar-refractivity contribution in [3.63, 3.8) is 0 Å². The second kappa shape index (κ2) is 9.58. The van der Waals surface area contributed by atoms with Crippen LogP contribution in [0.1, 0.15) is 26.3 Å². The van der Waals surface area contributed by atoms with Gasteiger partial charge in [0.2, 0.25) is 0 Å². The molecule has 1 rings (SSSR count). The van der Waals surface area contributed by atoms with Gasteiger partial charge >= 0.3 is 8.80 Å². The third-order valence-electron chi connectivity index (χ3n) is 2.93. The first-order valence-corrected chi connectivity index (χ1v) is 9.82. The zero-order chi connectivity index (χ0) is 14.8. The molecule has 1 atom stereocenters. The van der Waals surface area contributed by atoms with Crippen LogP contribution in [0.25, 0.3) is 0 Å². The zero-order valence-corrected chi connectivity index (χ0v) is 14.6. The maximum Gasteiger partial charge on any atom is 0.501 e. The van der Waals surface area contributed by atoms with Gasteiger partial charge in [0, 0.05) is 25.0 Å². The molecule has 0 saturated heterocycles. The summed E-state index contributed by atoms with van der Waals surface area (Å²) in [6.45, 7) is 7.20. The number of aryl methyl sites for hydroxylation is 1. The van der Waals surface area contributed by atoms with E-state index in [9.17, 15) is 0 Å². The molecule has 0 aliphatic carbocycles. The van der Waals surface area contributed by atoms with Crippen LogP contribution in [0.3, 0.4) is 0 Å². The summed E-state index contributed by atoms with van der Waals surface area (Å²) in [5, 5.41) is 0. The van der Waals surface area contributed by atoms with Crippen LogP contribution in [-0.4, -0.2) is 33.9 Å². The average molecular weight is 315 g/mol. The summed E-state index contributed by atoms with van der Waals surface area (Å²) in [5.74, 6) is 0.667. The second-order valence-electron chi connectivity index (χ2n) is 4.65. The fourth-order valence-corrected chi connectivity index (χ4v) is 5.05. The summed E-state index contributed by atoms with van der Waals surface area (Å²) in [6, 6.07) is 11.2. The average Bonchev–Trinajstić information content (AvgIpc) is 2.47. The molecule has 0 aromatic heterocycles. The standard InChI is InChI=1S/C15H26O3SSi/c1-4-16-20(17-5-2,18-14(3)13-19)12-11-15-9-7-6-8-10-15/h6-10,14,19H,4-5,11-13H2,1-3H3. The van der Waals surface area contributed by atoms with Crippen LogP contribution in [-0.2, 0) is 19.7 Å². The Morgan fingerprint density at radius 3 is 2.20 bits per heavy atom. The molecule has 0 heterocycles. The van der Waals surface area contributed by atoms with Crippen molar-refractivity contribution in [1.82, 2.24) is 0 Å². The Kier molecular flexibility index (Phi) is 8.48. The van der Waals surface area contributed by atoms with Crippen LogP contribution in [0.15, 0.2) is 30.3 Å². The molecule has 0 saturated carbocycles. The Labute approximate surface area is 129 Å². The van der Waals surface area contributed by atoms with E-state index in [0.29, 0.717) is 19.0 Å². The van der Waals surface area contributed by atoms with E-state index in [0.717, 1.165) is 12.5 Å². The zero-order valence-electron chi connectivity index (χ0n) is 12.7. The van der Waals surface area contributed by atoms with Gasteiger partial charge in [-0.05, 0) is 32.8 Å². The Hall–Kier alpha value is -0.333. The molecule has 1 aromatic carbocycles. The molecule has 0 spiro atoms. The third kappa shape index (κ3) is 5.97. The van der Waals surface area contributed by atoms with Crippen LogP contribution >= 0.6 is 12.6 Å². The fourth-order valence-electron chi connectivity index (χ4n) is 2.04. The summed E-state index contributed by atoms with van der Waals surface area (Å²) < 4.78 is 18.0. The Bertz CT molecular complexity index is 355. The van der Waals surface area contributed by atoms with E-state index in [-0.39, 0.29) is 6.10 Å². The molecule has 114 valence electrons. The normalized spacial score (nSPS) is 13.4. The van der Waals surface area contributed by atoms with Gasteiger partial charge in [-0.2, -0.15) is 12.6 Å². The van der Waals surface area contributed by atoms with Gasteiger partial charge in [-0.15, -0.1) is 0 Å². The van der Waals surface area contributed by atoms with Crippen LogP contribution in [0.5, 0.6) is 0 Å². The van der Waals surface area contributed by atoms with Gasteiger partial charge in [0.05, 0.1) is 6.10 Å². The molecule has 20 heavy (non-hydrogen) atoms. The van der Waals surface area contributed by atoms with Crippen molar-refractivity contribution in [2.45, 2.75) is 39.3 Å². The number of thiol groups is 1. The quantitative estimate of drug-likeness (QED) is 0.528. The molecular formula is C15H26O3SSi. The molecule has 3 nitrogen and oxygen atoms in total. The highest BCUT2D eigenvalue weighted by molar-refractivity contribution is 7.80. The maximum atomic E-state index is 6.11. The topological polar surface area (TPSA) is 27.7 Å². The van der Waals surface area contributed by atoms with Crippen LogP contribution in [0, 0.1) is 0 Å². The Morgan fingerprint density at radius 2 is 1.70 bits per heavy atom. The molecule has 0 N–H and O–H groups in total. The molecular weight excluding hydrogens is 288 g/mol. The van der Waals surface area contributed by atoms with E-state index in [2.05, 4.69) is 36.9 Å². The number of benzene rings is 1. The lowest BCUT2D eigenvalue weighted by Gasteiger charge is -2.31. The van der Waals surface area contributed by atoms with Gasteiger partial charge in [0.1, 0.15) is 0 Å². The van der Waals surface area contributed by atoms with Crippen LogP contribution < -0.4 is 0 Å². The van der Waals surface area contributed by atoms with E-state index in [1.165, 1.54) is 5.56 Å². The SMILES string of the molecule is CCO[Si](CCc1ccccc1)(OCC)OC(C)CS. The molecule has 1 aromatic rings. The number of hydrogen-bond donors (Lipinski definition) is 1. The van der Waals surface area contributed by atoms with Crippen molar-refractivity contribution in [3.8, 4) is 0 Å². The van der Waals surface area contributed by atoms with E-state index >= 15 is 0 Å². The lowest BCUT2D eigenvalue weighted by atomic mass is 10.2. The van der Waals surface area contributed by atoms with E-state index in [4.69, 9.17) is 13.3 Å². The number of rotatable bonds is 10. The smallest absolute Gasteiger partial charge is 0.374 e. The monoisotopic (exact) mass is 314 g/mol. The molecule has 1 unspecified atom stereocenters. The van der Waals surface area contributed by atoms with Crippen molar-refractivity contribution >= 4 is 21.4 Å². The highest BCUT2D eigenvalue weighted by Gasteiger charge is 2.41. The first-order chi connectivity index (χ1) is 9.65. The Morgan fingerprint density at radius 1 is 1.10 bits per heavy atom. The fraction of sp³-hybridized carbons (Fsp3) is 0.600. The van der Waals surface area contributed by atoms with Gasteiger partial charge in [-0.25, -0.2) is 0 Å². The summed E-state index contributed by atoms with van der Waals surface area (Å²) in [7, 11) is -2.61. The van der Waals surface area contributed by atoms with Crippen LogP contribution in [0.4, 0.5) is 0 Å². The second-order valence-corrected chi connectivity index (χ2v) is 7.69. The lowest BCUT2D eigenvalue weighted by Crippen LogP contribution is -2.48. The summed E-state index contributed by atoms with van der Waals surface area (Å²) in [5.41, 5.74) is 1.28. The first kappa shape index (κ1) is 17.7. The summed E-state index contributed by atoms with van der Waals surface area (Å²) in [6.07, 6.45) is 0.950. The van der Waals surface area contributed by atoms with Crippen molar-refractivity contribution in [3.05, 3.63) is 35.9 Å². The van der Waals surface area contributed by atoms with Crippen LogP contribution in [0.2, 0.25) is 6.04 Å². The highest BCUT2D eigenvalue weighted by Crippen LogP contribution is 2.21. The highest BCUT2D eigenvalue weighted by atomic mass is 32.1. The van der Waals surface area contributed by atoms with Gasteiger partial charge in [-0.3, -0.25) is 0 Å². The lowest BCUT2D eigenvalue weighted by molar-refractivity contribution is 0.0458. The summed E-state index contributed by atoms with van der Waals surface area (Å²) in [4.78, 5) is 0. The predicted molar refractivity (Wildman–Crippen MR) is 88.4 cm³/mol. The van der Waals surface area contributed by atoms with Crippen molar-refractivity contribution in [2.75, 3.05) is 19.0 Å². The Balaban J connectivity index is 2.73. The minimum atomic E-state index is -2.61. The molecule has 0 radical (unpaired) electrons. The van der Waals surface area contributed by atoms with E-state index in [1.54, 1.807) is 0 Å². The van der Waals surface area contributed by atoms with Gasteiger partial charge in [0.25, 0.3) is 0 Å². The van der Waals surface area contributed by atoms with E-state index in [1.807, 2.05) is 26.8 Å². The largest absolute Gasteiger partial charge is 0.501 e. The molecule has 0 bridgehead atoms. The molecule has 5 heteroatoms. The van der Waals surface area contributed by atoms with Gasteiger partial charge in [-0.1, -0.05) is 30.3 Å². The van der Waals surface area contributed by atoms with Crippen molar-refractivity contribution < 1.29 is 13.3 Å². The molecule has 0 aliphatic heterocycles. The minimum absolute atomic E-state index is 0.0406. The maximum absolute atomic E-state index is 6.11. The minimum Gasteiger partial charge on any atom is -0.374 e. The molecule has 0 amide bonds. The van der Waals surface area contributed by atoms with Crippen molar-refractivity contribution in [2.24, 2.45) is 0 Å². The summed E-state index contributed by atoms with van der Waals surface area (Å²) >= 11 is 4.29. The molecule has 0 aliphatic rings. The van der Waals surface area contributed by atoms with E-state index < -0.39 is 8.80 Å². The molecule has 0 fully saturated rings. The first-order valence-electron chi connectivity index (χ1n) is 7.26. The van der Waals surface area contributed by atoms with Gasteiger partial charge in [0.15, 0.2) is 0 Å².